The summed E-state index contributed by atoms with van der Waals surface area (Å²) in [5.74, 6) is 0. The predicted octanol–water partition coefficient (Wildman–Crippen LogP) is 0.613. The van der Waals surface area contributed by atoms with Crippen LogP contribution in [-0.4, -0.2) is 36.8 Å². The van der Waals surface area contributed by atoms with Gasteiger partial charge in [0.2, 0.25) is 0 Å². The van der Waals surface area contributed by atoms with Crippen molar-refractivity contribution in [2.45, 2.75) is 0 Å². The minimum Gasteiger partial charge on any atom is -0.296 e. The number of hydrazine groups is 1. The summed E-state index contributed by atoms with van der Waals surface area (Å²) < 4.78 is 0. The molecule has 0 aromatic rings. The summed E-state index contributed by atoms with van der Waals surface area (Å²) in [7, 11) is 3.71. The molecule has 0 aliphatic carbocycles. The van der Waals surface area contributed by atoms with Crippen molar-refractivity contribution in [1.29, 1.82) is 0 Å². The van der Waals surface area contributed by atoms with Gasteiger partial charge in [-0.25, -0.2) is 4.99 Å². The van der Waals surface area contributed by atoms with E-state index in [2.05, 4.69) is 28.7 Å². The van der Waals surface area contributed by atoms with Gasteiger partial charge >= 0.3 is 0 Å². The normalized spacial score (nSPS) is 10.3. The van der Waals surface area contributed by atoms with E-state index in [4.69, 9.17) is 0 Å². The smallest absolute Gasteiger partial charge is 0.137 e. The van der Waals surface area contributed by atoms with E-state index in [0.717, 1.165) is 0 Å². The van der Waals surface area contributed by atoms with Crippen LogP contribution < -0.4 is 5.43 Å². The Morgan fingerprint density at radius 2 is 1.92 bits per heavy atom. The molecule has 0 spiro atoms. The Kier molecular flexibility index (Phi) is 5.96. The van der Waals surface area contributed by atoms with Gasteiger partial charge in [-0.2, -0.15) is 5.10 Å². The highest BCUT2D eigenvalue weighted by atomic mass is 15.6. The van der Waals surface area contributed by atoms with Gasteiger partial charge in [0.15, 0.2) is 0 Å². The Labute approximate surface area is 78.7 Å². The van der Waals surface area contributed by atoms with Crippen LogP contribution in [0.5, 0.6) is 0 Å². The summed E-state index contributed by atoms with van der Waals surface area (Å²) in [5, 5.41) is 7.22. The van der Waals surface area contributed by atoms with Crippen molar-refractivity contribution in [3.63, 3.8) is 0 Å². The Balaban J connectivity index is 3.82. The molecule has 0 atom stereocenters. The molecule has 13 heavy (non-hydrogen) atoms. The van der Waals surface area contributed by atoms with Crippen molar-refractivity contribution < 1.29 is 0 Å². The molecule has 0 fully saturated rings. The van der Waals surface area contributed by atoms with Crippen molar-refractivity contribution >= 4 is 12.7 Å². The van der Waals surface area contributed by atoms with Gasteiger partial charge in [0.1, 0.15) is 12.7 Å². The van der Waals surface area contributed by atoms with Gasteiger partial charge in [-0.3, -0.25) is 15.4 Å². The molecule has 0 bridgehead atoms. The molecule has 0 aliphatic heterocycles. The second-order valence-electron chi connectivity index (χ2n) is 2.17. The van der Waals surface area contributed by atoms with E-state index in [1.807, 2.05) is 14.1 Å². The zero-order valence-corrected chi connectivity index (χ0v) is 8.01. The second-order valence-corrected chi connectivity index (χ2v) is 2.17. The zero-order chi connectivity index (χ0) is 10.1. The summed E-state index contributed by atoms with van der Waals surface area (Å²) in [6.45, 7) is 7.03. The third-order valence-electron chi connectivity index (χ3n) is 1.29. The van der Waals surface area contributed by atoms with Crippen LogP contribution >= 0.6 is 0 Å². The summed E-state index contributed by atoms with van der Waals surface area (Å²) in [4.78, 5) is 3.89. The molecule has 5 nitrogen and oxygen atoms in total. The number of hydrogen-bond donors (Lipinski definition) is 1. The van der Waals surface area contributed by atoms with Gasteiger partial charge < -0.3 is 0 Å². The molecule has 0 heterocycles. The van der Waals surface area contributed by atoms with Crippen molar-refractivity contribution in [3.05, 3.63) is 25.6 Å². The molecule has 5 heteroatoms. The highest BCUT2D eigenvalue weighted by Gasteiger charge is 1.91. The summed E-state index contributed by atoms with van der Waals surface area (Å²) in [6, 6.07) is 0. The third-order valence-corrected chi connectivity index (χ3v) is 1.29. The average Bonchev–Trinajstić information content (AvgIpc) is 2.16. The third kappa shape index (κ3) is 5.49. The number of hydrogen-bond acceptors (Lipinski definition) is 3. The van der Waals surface area contributed by atoms with Crippen LogP contribution in [0, 0.1) is 0 Å². The van der Waals surface area contributed by atoms with Crippen LogP contribution in [0.2, 0.25) is 0 Å². The molecule has 0 aliphatic rings. The van der Waals surface area contributed by atoms with Crippen molar-refractivity contribution in [3.8, 4) is 0 Å². The number of rotatable bonds is 6. The first kappa shape index (κ1) is 11.2. The van der Waals surface area contributed by atoms with Crippen LogP contribution in [-0.2, 0) is 0 Å². The van der Waals surface area contributed by atoms with Crippen LogP contribution in [0.3, 0.4) is 0 Å². The van der Waals surface area contributed by atoms with Gasteiger partial charge in [-0.05, 0) is 0 Å². The first-order valence-electron chi connectivity index (χ1n) is 3.71. The van der Waals surface area contributed by atoms with Crippen LogP contribution in [0.15, 0.2) is 35.7 Å². The molecule has 0 amide bonds. The lowest BCUT2D eigenvalue weighted by Gasteiger charge is -2.23. The Hall–Kier alpha value is -1.78. The van der Waals surface area contributed by atoms with Crippen molar-refractivity contribution in [2.24, 2.45) is 10.1 Å². The Bertz CT molecular complexity index is 209. The number of nitrogens with zero attached hydrogens (tertiary/aromatic N) is 4. The van der Waals surface area contributed by atoms with Crippen LogP contribution in [0.25, 0.3) is 0 Å². The van der Waals surface area contributed by atoms with Gasteiger partial charge in [0.25, 0.3) is 0 Å². The van der Waals surface area contributed by atoms with E-state index < -0.39 is 0 Å². The fourth-order valence-corrected chi connectivity index (χ4v) is 0.456. The SMILES string of the molecule is C=CN/N=C\N=C/N(C)N(C)C=C. The van der Waals surface area contributed by atoms with Gasteiger partial charge in [-0.15, -0.1) is 0 Å². The van der Waals surface area contributed by atoms with Crippen molar-refractivity contribution in [1.82, 2.24) is 15.4 Å². The monoisotopic (exact) mass is 181 g/mol. The largest absolute Gasteiger partial charge is 0.296 e. The van der Waals surface area contributed by atoms with E-state index >= 15 is 0 Å². The second kappa shape index (κ2) is 6.90. The molecule has 0 saturated carbocycles. The highest BCUT2D eigenvalue weighted by molar-refractivity contribution is 5.70. The van der Waals surface area contributed by atoms with Gasteiger partial charge in [0, 0.05) is 26.5 Å². The maximum Gasteiger partial charge on any atom is 0.137 e. The molecular formula is C8H15N5. The molecular weight excluding hydrogens is 166 g/mol. The van der Waals surface area contributed by atoms with E-state index in [-0.39, 0.29) is 0 Å². The maximum absolute atomic E-state index is 3.89. The molecule has 0 rings (SSSR count). The molecule has 72 valence electrons. The fourth-order valence-electron chi connectivity index (χ4n) is 0.456. The Morgan fingerprint density at radius 1 is 1.23 bits per heavy atom. The highest BCUT2D eigenvalue weighted by Crippen LogP contribution is 1.84. The predicted molar refractivity (Wildman–Crippen MR) is 56.0 cm³/mol. The summed E-state index contributed by atoms with van der Waals surface area (Å²) >= 11 is 0. The van der Waals surface area contributed by atoms with E-state index in [1.54, 1.807) is 22.6 Å². The molecule has 0 saturated heterocycles. The average molecular weight is 181 g/mol. The quantitative estimate of drug-likeness (QED) is 0.371. The van der Waals surface area contributed by atoms with Crippen LogP contribution in [0.4, 0.5) is 0 Å². The summed E-state index contributed by atoms with van der Waals surface area (Å²) in [6.07, 6.45) is 6.13. The lowest BCUT2D eigenvalue weighted by Crippen LogP contribution is -2.30. The molecule has 0 unspecified atom stereocenters. The van der Waals surface area contributed by atoms with Gasteiger partial charge in [0.05, 0.1) is 0 Å². The minimum atomic E-state index is 1.38. The van der Waals surface area contributed by atoms with E-state index in [1.165, 1.54) is 12.5 Å². The number of hydrazone groups is 1. The summed E-state index contributed by atoms with van der Waals surface area (Å²) in [5.41, 5.74) is 2.53. The number of aliphatic imine (C=N–C) groups is 1. The first-order chi connectivity index (χ1) is 6.22. The maximum atomic E-state index is 3.89. The van der Waals surface area contributed by atoms with Gasteiger partial charge in [-0.1, -0.05) is 13.2 Å². The molecule has 0 aromatic heterocycles. The van der Waals surface area contributed by atoms with E-state index in [9.17, 15) is 0 Å². The molecule has 0 radical (unpaired) electrons. The van der Waals surface area contributed by atoms with Crippen LogP contribution in [0.1, 0.15) is 0 Å². The molecule has 0 aromatic carbocycles. The standard InChI is InChI=1S/C8H15N5/c1-5-10-11-7-9-8-13(4)12(3)6-2/h5-8,10H,1-2H2,3-4H3/b9-8-,11-7-. The topological polar surface area (TPSA) is 43.2 Å². The zero-order valence-electron chi connectivity index (χ0n) is 8.01. The van der Waals surface area contributed by atoms with Crippen molar-refractivity contribution in [2.75, 3.05) is 14.1 Å². The fraction of sp³-hybridized carbons (Fsp3) is 0.250. The Morgan fingerprint density at radius 3 is 2.46 bits per heavy atom. The molecule has 1 N–H and O–H groups in total. The number of nitrogens with one attached hydrogen (secondary N) is 1. The lowest BCUT2D eigenvalue weighted by atomic mass is 10.9. The van der Waals surface area contributed by atoms with E-state index in [0.29, 0.717) is 0 Å². The minimum absolute atomic E-state index is 1.38. The first-order valence-corrected chi connectivity index (χ1v) is 3.71. The lowest BCUT2D eigenvalue weighted by molar-refractivity contribution is 0.183.